The fraction of sp³-hybridized carbons (Fsp3) is 0. The van der Waals surface area contributed by atoms with Crippen LogP contribution in [0.2, 0.25) is 0 Å². The van der Waals surface area contributed by atoms with Crippen molar-refractivity contribution >= 4 is 23.1 Å². The quantitative estimate of drug-likeness (QED) is 0.536. The minimum Gasteiger partial charge on any atom is -1.00 e. The van der Waals surface area contributed by atoms with Gasteiger partial charge in [0.05, 0.1) is 0 Å². The topological polar surface area (TPSA) is 0 Å². The zero-order valence-corrected chi connectivity index (χ0v) is 9.66. The van der Waals surface area contributed by atoms with E-state index >= 15 is 0 Å². The molecule has 5 heavy (non-hydrogen) atoms. The Bertz CT molecular complexity index is 17.7. The van der Waals surface area contributed by atoms with E-state index in [1.54, 1.807) is 0 Å². The molecule has 0 amide bonds. The summed E-state index contributed by atoms with van der Waals surface area (Å²) in [6, 6.07) is 0. The third-order valence-corrected chi connectivity index (χ3v) is 0. The van der Waals surface area contributed by atoms with Crippen molar-refractivity contribution in [3.63, 3.8) is 0 Å². The molecule has 0 N–H and O–H groups in total. The van der Waals surface area contributed by atoms with Gasteiger partial charge in [0.1, 0.15) is 0 Å². The van der Waals surface area contributed by atoms with Gasteiger partial charge in [-0.25, -0.2) is 0 Å². The summed E-state index contributed by atoms with van der Waals surface area (Å²) < 4.78 is 0. The summed E-state index contributed by atoms with van der Waals surface area (Å²) >= 11 is 0. The van der Waals surface area contributed by atoms with Crippen molar-refractivity contribution in [1.29, 1.82) is 0 Å². The van der Waals surface area contributed by atoms with Crippen molar-refractivity contribution < 1.29 is 85.6 Å². The Morgan fingerprint density at radius 2 is 1.20 bits per heavy atom. The van der Waals surface area contributed by atoms with E-state index in [1.165, 1.54) is 0 Å². The zero-order valence-electron chi connectivity index (χ0n) is 4.19. The third kappa shape index (κ3) is 18.6. The Hall–Kier alpha value is 3.43. The van der Waals surface area contributed by atoms with Gasteiger partial charge in [-0.3, -0.25) is 0 Å². The molecule has 0 unspecified atom stereocenters. The molecule has 0 saturated heterocycles. The van der Waals surface area contributed by atoms with Crippen LogP contribution >= 0.6 is 0 Å². The molecule has 0 aromatic rings. The van der Waals surface area contributed by atoms with Gasteiger partial charge in [0.15, 0.2) is 0 Å². The van der Waals surface area contributed by atoms with Gasteiger partial charge in [0.25, 0.3) is 0 Å². The summed E-state index contributed by atoms with van der Waals surface area (Å²) in [7, 11) is 0. The Morgan fingerprint density at radius 1 is 1.20 bits per heavy atom. The van der Waals surface area contributed by atoms with Crippen LogP contribution in [0, 0.1) is 0 Å². The van der Waals surface area contributed by atoms with Crippen molar-refractivity contribution in [2.24, 2.45) is 0 Å². The largest absolute Gasteiger partial charge is 2.00 e. The second kappa shape index (κ2) is 26.1. The van der Waals surface area contributed by atoms with Crippen molar-refractivity contribution in [1.82, 2.24) is 0 Å². The van der Waals surface area contributed by atoms with Crippen LogP contribution in [0.15, 0.2) is 0 Å². The van der Waals surface area contributed by atoms with Crippen LogP contribution in [-0.4, -0.2) is 23.1 Å². The van der Waals surface area contributed by atoms with Gasteiger partial charge in [0.2, 0.25) is 0 Å². The Balaban J connectivity index is 0. The minimum absolute atomic E-state index is 0. The SMILES string of the molecule is [Ag].[Cu].[H-].[H-].[Mg+2].[Mn].[Zr]. The van der Waals surface area contributed by atoms with Gasteiger partial charge < -0.3 is 2.85 Å². The summed E-state index contributed by atoms with van der Waals surface area (Å²) in [6.07, 6.45) is 0. The van der Waals surface area contributed by atoms with E-state index in [9.17, 15) is 0 Å². The van der Waals surface area contributed by atoms with E-state index in [0.29, 0.717) is 0 Å². The minimum atomic E-state index is 0. The molecule has 0 fully saturated rings. The molecular formula is H2AgCuMgMnZr. The van der Waals surface area contributed by atoms with Crippen molar-refractivity contribution in [2.45, 2.75) is 0 Å². The molecule has 0 nitrogen and oxygen atoms in total. The maximum Gasteiger partial charge on any atom is 2.00 e. The second-order valence-electron chi connectivity index (χ2n) is 0. The molecular weight excluding hydrogens is 342 g/mol. The monoisotopic (exact) mass is 341 g/mol. The number of rotatable bonds is 0. The number of hydrogen-bond acceptors (Lipinski definition) is 0. The average Bonchev–Trinajstić information content (AvgIpc) is 0. The first-order valence-corrected chi connectivity index (χ1v) is 0. The third-order valence-electron chi connectivity index (χ3n) is 0. The summed E-state index contributed by atoms with van der Waals surface area (Å²) in [5.41, 5.74) is 0. The van der Waals surface area contributed by atoms with Crippen LogP contribution in [0.1, 0.15) is 2.85 Å². The first-order valence-electron chi connectivity index (χ1n) is 0. The summed E-state index contributed by atoms with van der Waals surface area (Å²) in [5, 5.41) is 0. The van der Waals surface area contributed by atoms with Crippen LogP contribution in [0.25, 0.3) is 0 Å². The van der Waals surface area contributed by atoms with Crippen molar-refractivity contribution in [2.75, 3.05) is 0 Å². The van der Waals surface area contributed by atoms with Crippen molar-refractivity contribution in [3.05, 3.63) is 0 Å². The molecule has 0 atom stereocenters. The van der Waals surface area contributed by atoms with E-state index in [0.717, 1.165) is 0 Å². The molecule has 0 aliphatic heterocycles. The maximum absolute atomic E-state index is 0. The van der Waals surface area contributed by atoms with Gasteiger partial charge in [-0.05, 0) is 0 Å². The van der Waals surface area contributed by atoms with E-state index < -0.39 is 0 Å². The summed E-state index contributed by atoms with van der Waals surface area (Å²) in [6.45, 7) is 0. The van der Waals surface area contributed by atoms with Gasteiger partial charge in [0, 0.05) is 82.7 Å². The molecule has 0 spiro atoms. The maximum atomic E-state index is 0. The fourth-order valence-corrected chi connectivity index (χ4v) is 0. The van der Waals surface area contributed by atoms with E-state index in [1.807, 2.05) is 0 Å². The van der Waals surface area contributed by atoms with Gasteiger partial charge in [-0.15, -0.1) is 0 Å². The Labute approximate surface area is 107 Å². The first-order chi connectivity index (χ1) is 0. The standard InChI is InChI=1S/Ag.Cu.Mg.Mn.Zr.2H/q;;+2;;;2*-1. The van der Waals surface area contributed by atoms with Crippen LogP contribution in [0.3, 0.4) is 0 Å². The molecule has 0 aliphatic rings. The second-order valence-corrected chi connectivity index (χ2v) is 0. The predicted molar refractivity (Wildman–Crippen MR) is 7.98 cm³/mol. The molecule has 0 rings (SSSR count). The summed E-state index contributed by atoms with van der Waals surface area (Å²) in [4.78, 5) is 0. The van der Waals surface area contributed by atoms with Crippen molar-refractivity contribution in [3.8, 4) is 0 Å². The van der Waals surface area contributed by atoms with Gasteiger partial charge in [-0.1, -0.05) is 0 Å². The Morgan fingerprint density at radius 3 is 1.20 bits per heavy atom. The molecule has 0 bridgehead atoms. The molecule has 0 aromatic heterocycles. The van der Waals surface area contributed by atoms with Gasteiger partial charge in [-0.2, -0.15) is 0 Å². The molecule has 0 heterocycles. The molecule has 0 aromatic carbocycles. The normalized spacial score (nSPS) is 0. The first kappa shape index (κ1) is 39.6. The van der Waals surface area contributed by atoms with E-state index in [4.69, 9.17) is 0 Å². The van der Waals surface area contributed by atoms with Crippen LogP contribution in [0.5, 0.6) is 0 Å². The molecule has 5 heteroatoms. The van der Waals surface area contributed by atoms with E-state index in [2.05, 4.69) is 0 Å². The fourth-order valence-electron chi connectivity index (χ4n) is 0. The molecule has 0 saturated carbocycles. The molecule has 0 aliphatic carbocycles. The van der Waals surface area contributed by atoms with Crippen LogP contribution in [0.4, 0.5) is 0 Å². The molecule has 37 valence electrons. The van der Waals surface area contributed by atoms with Crippen LogP contribution < -0.4 is 0 Å². The van der Waals surface area contributed by atoms with Gasteiger partial charge >= 0.3 is 23.1 Å². The smallest absolute Gasteiger partial charge is 1.00 e. The van der Waals surface area contributed by atoms with Crippen LogP contribution in [-0.2, 0) is 82.7 Å². The zero-order chi connectivity index (χ0) is 0. The predicted octanol–water partition coefficient (Wildman–Crippen LogP) is -0.166. The summed E-state index contributed by atoms with van der Waals surface area (Å²) in [5.74, 6) is 0. The average molecular weight is 344 g/mol. The number of hydrogen-bond donors (Lipinski definition) is 0. The molecule has 3 radical (unpaired) electrons. The van der Waals surface area contributed by atoms with E-state index in [-0.39, 0.29) is 109 Å². The Kier molecular flexibility index (Phi) is 207.